The summed E-state index contributed by atoms with van der Waals surface area (Å²) in [4.78, 5) is 20.4. The van der Waals surface area contributed by atoms with Crippen molar-refractivity contribution >= 4 is 11.9 Å². The Balaban J connectivity index is 4.28. The van der Waals surface area contributed by atoms with Gasteiger partial charge in [-0.3, -0.25) is 4.79 Å². The number of hydrogen-bond donors (Lipinski definition) is 4. The second-order valence-electron chi connectivity index (χ2n) is 2.24. The number of aliphatic carboxylic acids is 2. The number of aliphatic hydroxyl groups is 2. The Labute approximate surface area is 68.1 Å². The molecule has 0 bridgehead atoms. The van der Waals surface area contributed by atoms with E-state index < -0.39 is 30.6 Å². The standard InChI is InChI=1S/C6H10O6/c7-2-1-3(5(9)10)4(8)6(11)12/h3-4,7-8H,1-2H2,(H,9,10)(H,11,12)/t3-,4+/m0/s1. The lowest BCUT2D eigenvalue weighted by Crippen LogP contribution is -2.35. The summed E-state index contributed by atoms with van der Waals surface area (Å²) in [5.41, 5.74) is 0. The van der Waals surface area contributed by atoms with Gasteiger partial charge in [0.15, 0.2) is 6.10 Å². The number of rotatable bonds is 5. The summed E-state index contributed by atoms with van der Waals surface area (Å²) in [6, 6.07) is 0. The minimum atomic E-state index is -1.96. The molecule has 0 unspecified atom stereocenters. The Bertz CT molecular complexity index is 177. The summed E-state index contributed by atoms with van der Waals surface area (Å²) in [5.74, 6) is -4.48. The van der Waals surface area contributed by atoms with Crippen LogP contribution < -0.4 is 0 Å². The van der Waals surface area contributed by atoms with Crippen molar-refractivity contribution in [1.82, 2.24) is 0 Å². The first kappa shape index (κ1) is 10.9. The highest BCUT2D eigenvalue weighted by Crippen LogP contribution is 2.09. The van der Waals surface area contributed by atoms with Crippen LogP contribution in [0.1, 0.15) is 6.42 Å². The predicted molar refractivity (Wildman–Crippen MR) is 36.5 cm³/mol. The first-order chi connectivity index (χ1) is 5.50. The SMILES string of the molecule is O=C(O)[C@@H](CCO)[C@@H](O)C(=O)O. The number of carboxylic acid groups (broad SMARTS) is 2. The molecule has 0 aliphatic rings. The van der Waals surface area contributed by atoms with Gasteiger partial charge in [0.25, 0.3) is 0 Å². The molecule has 0 amide bonds. The summed E-state index contributed by atoms with van der Waals surface area (Å²) in [6.07, 6.45) is -2.24. The van der Waals surface area contributed by atoms with E-state index in [0.717, 1.165) is 0 Å². The lowest BCUT2D eigenvalue weighted by Gasteiger charge is -2.13. The minimum Gasteiger partial charge on any atom is -0.481 e. The molecule has 6 heteroatoms. The highest BCUT2D eigenvalue weighted by atomic mass is 16.4. The molecule has 0 spiro atoms. The maximum Gasteiger partial charge on any atom is 0.333 e. The second kappa shape index (κ2) is 4.68. The molecule has 0 heterocycles. The van der Waals surface area contributed by atoms with Gasteiger partial charge in [0, 0.05) is 6.61 Å². The molecule has 0 radical (unpaired) electrons. The van der Waals surface area contributed by atoms with Crippen LogP contribution in [0.5, 0.6) is 0 Å². The van der Waals surface area contributed by atoms with E-state index in [2.05, 4.69) is 0 Å². The maximum atomic E-state index is 10.3. The lowest BCUT2D eigenvalue weighted by atomic mass is 9.99. The first-order valence-corrected chi connectivity index (χ1v) is 3.25. The highest BCUT2D eigenvalue weighted by molar-refractivity contribution is 5.81. The zero-order chi connectivity index (χ0) is 9.72. The largest absolute Gasteiger partial charge is 0.481 e. The summed E-state index contributed by atoms with van der Waals surface area (Å²) in [6.45, 7) is -0.471. The van der Waals surface area contributed by atoms with E-state index in [4.69, 9.17) is 20.4 Å². The van der Waals surface area contributed by atoms with Gasteiger partial charge in [0.2, 0.25) is 0 Å². The molecule has 70 valence electrons. The van der Waals surface area contributed by atoms with Crippen LogP contribution in [-0.2, 0) is 9.59 Å². The van der Waals surface area contributed by atoms with Gasteiger partial charge >= 0.3 is 11.9 Å². The molecule has 2 atom stereocenters. The molecule has 0 aliphatic carbocycles. The highest BCUT2D eigenvalue weighted by Gasteiger charge is 2.31. The fraction of sp³-hybridized carbons (Fsp3) is 0.667. The van der Waals surface area contributed by atoms with Crippen LogP contribution in [0.25, 0.3) is 0 Å². The van der Waals surface area contributed by atoms with Gasteiger partial charge < -0.3 is 20.4 Å². The molecule has 6 nitrogen and oxygen atoms in total. The van der Waals surface area contributed by atoms with E-state index in [1.54, 1.807) is 0 Å². The molecule has 0 saturated carbocycles. The van der Waals surface area contributed by atoms with Gasteiger partial charge in [-0.1, -0.05) is 0 Å². The smallest absolute Gasteiger partial charge is 0.333 e. The number of aliphatic hydroxyl groups excluding tert-OH is 2. The van der Waals surface area contributed by atoms with Crippen LogP contribution in [-0.4, -0.2) is 45.1 Å². The molecule has 12 heavy (non-hydrogen) atoms. The molecule has 0 fully saturated rings. The van der Waals surface area contributed by atoms with E-state index in [1.165, 1.54) is 0 Å². The molecular formula is C6H10O6. The van der Waals surface area contributed by atoms with E-state index in [0.29, 0.717) is 0 Å². The van der Waals surface area contributed by atoms with E-state index >= 15 is 0 Å². The summed E-state index contributed by atoms with van der Waals surface area (Å²) in [5, 5.41) is 33.8. The van der Waals surface area contributed by atoms with Gasteiger partial charge in [0.1, 0.15) is 0 Å². The van der Waals surface area contributed by atoms with E-state index in [1.807, 2.05) is 0 Å². The Morgan fingerprint density at radius 2 is 1.67 bits per heavy atom. The fourth-order valence-corrected chi connectivity index (χ4v) is 0.728. The van der Waals surface area contributed by atoms with Crippen molar-refractivity contribution in [1.29, 1.82) is 0 Å². The van der Waals surface area contributed by atoms with Gasteiger partial charge in [0.05, 0.1) is 5.92 Å². The summed E-state index contributed by atoms with van der Waals surface area (Å²) >= 11 is 0. The fourth-order valence-electron chi connectivity index (χ4n) is 0.728. The lowest BCUT2D eigenvalue weighted by molar-refractivity contribution is -0.160. The van der Waals surface area contributed by atoms with Crippen molar-refractivity contribution in [2.24, 2.45) is 5.92 Å². The quantitative estimate of drug-likeness (QED) is 0.408. The van der Waals surface area contributed by atoms with Crippen LogP contribution in [0.2, 0.25) is 0 Å². The van der Waals surface area contributed by atoms with Crippen LogP contribution in [0, 0.1) is 5.92 Å². The Morgan fingerprint density at radius 1 is 1.17 bits per heavy atom. The molecule has 0 saturated heterocycles. The van der Waals surface area contributed by atoms with E-state index in [9.17, 15) is 9.59 Å². The first-order valence-electron chi connectivity index (χ1n) is 3.25. The average Bonchev–Trinajstić information content (AvgIpc) is 1.98. The Kier molecular flexibility index (Phi) is 4.24. The van der Waals surface area contributed by atoms with Crippen LogP contribution >= 0.6 is 0 Å². The summed E-state index contributed by atoms with van der Waals surface area (Å²) < 4.78 is 0. The third kappa shape index (κ3) is 2.85. The molecule has 0 rings (SSSR count). The molecule has 0 aromatic heterocycles. The van der Waals surface area contributed by atoms with Crippen LogP contribution in [0.15, 0.2) is 0 Å². The van der Waals surface area contributed by atoms with Crippen molar-refractivity contribution in [3.63, 3.8) is 0 Å². The van der Waals surface area contributed by atoms with Gasteiger partial charge in [-0.2, -0.15) is 0 Å². The molecular weight excluding hydrogens is 168 g/mol. The molecule has 0 aliphatic heterocycles. The minimum absolute atomic E-state index is 0.275. The van der Waals surface area contributed by atoms with Crippen molar-refractivity contribution in [2.45, 2.75) is 12.5 Å². The topological polar surface area (TPSA) is 115 Å². The predicted octanol–water partition coefficient (Wildman–Crippen LogP) is -1.48. The molecule has 4 N–H and O–H groups in total. The van der Waals surface area contributed by atoms with Crippen molar-refractivity contribution in [3.05, 3.63) is 0 Å². The third-order valence-electron chi connectivity index (χ3n) is 1.39. The van der Waals surface area contributed by atoms with Crippen molar-refractivity contribution in [2.75, 3.05) is 6.61 Å². The Hall–Kier alpha value is -1.14. The second-order valence-corrected chi connectivity index (χ2v) is 2.24. The van der Waals surface area contributed by atoms with Crippen LogP contribution in [0.4, 0.5) is 0 Å². The zero-order valence-corrected chi connectivity index (χ0v) is 6.17. The normalized spacial score (nSPS) is 15.2. The van der Waals surface area contributed by atoms with E-state index in [-0.39, 0.29) is 6.42 Å². The third-order valence-corrected chi connectivity index (χ3v) is 1.39. The monoisotopic (exact) mass is 178 g/mol. The van der Waals surface area contributed by atoms with Crippen LogP contribution in [0.3, 0.4) is 0 Å². The van der Waals surface area contributed by atoms with Gasteiger partial charge in [-0.05, 0) is 6.42 Å². The van der Waals surface area contributed by atoms with Crippen molar-refractivity contribution in [3.8, 4) is 0 Å². The zero-order valence-electron chi connectivity index (χ0n) is 6.17. The Morgan fingerprint density at radius 3 is 1.92 bits per heavy atom. The number of hydrogen-bond acceptors (Lipinski definition) is 4. The summed E-state index contributed by atoms with van der Waals surface area (Å²) in [7, 11) is 0. The van der Waals surface area contributed by atoms with Gasteiger partial charge in [-0.25, -0.2) is 4.79 Å². The molecule has 0 aromatic carbocycles. The van der Waals surface area contributed by atoms with Crippen molar-refractivity contribution < 1.29 is 30.0 Å². The average molecular weight is 178 g/mol. The number of carboxylic acids is 2. The van der Waals surface area contributed by atoms with Gasteiger partial charge in [-0.15, -0.1) is 0 Å². The maximum absolute atomic E-state index is 10.3. The number of carbonyl (C=O) groups is 2. The molecule has 0 aromatic rings.